The zero-order valence-corrected chi connectivity index (χ0v) is 12.5. The van der Waals surface area contributed by atoms with Gasteiger partial charge in [-0.3, -0.25) is 14.9 Å². The highest BCUT2D eigenvalue weighted by Crippen LogP contribution is 2.20. The molecule has 21 heavy (non-hydrogen) atoms. The number of nitrogens with one attached hydrogen (secondary N) is 1. The number of aryl methyl sites for hydroxylation is 1. The minimum Gasteiger partial charge on any atom is -0.341 e. The Morgan fingerprint density at radius 3 is 2.86 bits per heavy atom. The lowest BCUT2D eigenvalue weighted by Gasteiger charge is -2.27. The monoisotopic (exact) mass is 291 g/mol. The summed E-state index contributed by atoms with van der Waals surface area (Å²) in [5.41, 5.74) is 1.06. The molecule has 1 aliphatic rings. The van der Waals surface area contributed by atoms with Crippen LogP contribution >= 0.6 is 0 Å². The lowest BCUT2D eigenvalue weighted by atomic mass is 9.99. The smallest absolute Gasteiger partial charge is 0.272 e. The second-order valence-electron chi connectivity index (χ2n) is 5.66. The number of benzene rings is 1. The summed E-state index contributed by atoms with van der Waals surface area (Å²) in [4.78, 5) is 24.5. The molecular formula is C15H21N3O3. The van der Waals surface area contributed by atoms with Crippen molar-refractivity contribution in [1.82, 2.24) is 10.2 Å². The SMILES string of the molecule is Cc1cc(C(=O)N(C)CC2CCCNC2)ccc1[N+](=O)[O-]. The third kappa shape index (κ3) is 3.78. The van der Waals surface area contributed by atoms with Crippen LogP contribution in [0.1, 0.15) is 28.8 Å². The summed E-state index contributed by atoms with van der Waals surface area (Å²) in [5, 5.41) is 14.1. The highest BCUT2D eigenvalue weighted by molar-refractivity contribution is 5.94. The first-order chi connectivity index (χ1) is 9.99. The summed E-state index contributed by atoms with van der Waals surface area (Å²) in [5.74, 6) is 0.394. The van der Waals surface area contributed by atoms with E-state index in [1.54, 1.807) is 24.9 Å². The van der Waals surface area contributed by atoms with E-state index in [9.17, 15) is 14.9 Å². The van der Waals surface area contributed by atoms with E-state index in [-0.39, 0.29) is 11.6 Å². The number of hydrogen-bond acceptors (Lipinski definition) is 4. The van der Waals surface area contributed by atoms with Crippen LogP contribution in [0.25, 0.3) is 0 Å². The van der Waals surface area contributed by atoms with E-state index in [0.29, 0.717) is 23.6 Å². The molecule has 0 aromatic heterocycles. The average molecular weight is 291 g/mol. The third-order valence-corrected chi connectivity index (χ3v) is 3.92. The molecule has 1 atom stereocenters. The number of nitro groups is 1. The van der Waals surface area contributed by atoms with Gasteiger partial charge in [-0.05, 0) is 50.9 Å². The number of amides is 1. The van der Waals surface area contributed by atoms with Crippen molar-refractivity contribution in [2.24, 2.45) is 5.92 Å². The Balaban J connectivity index is 2.04. The summed E-state index contributed by atoms with van der Waals surface area (Å²) in [6.45, 7) is 4.36. The molecule has 0 saturated carbocycles. The summed E-state index contributed by atoms with van der Waals surface area (Å²) >= 11 is 0. The molecule has 1 saturated heterocycles. The van der Waals surface area contributed by atoms with Gasteiger partial charge in [-0.25, -0.2) is 0 Å². The number of rotatable bonds is 4. The molecule has 0 radical (unpaired) electrons. The van der Waals surface area contributed by atoms with Crippen LogP contribution in [0.3, 0.4) is 0 Å². The van der Waals surface area contributed by atoms with Gasteiger partial charge in [0.25, 0.3) is 11.6 Å². The van der Waals surface area contributed by atoms with Gasteiger partial charge in [-0.2, -0.15) is 0 Å². The second kappa shape index (κ2) is 6.67. The molecule has 1 aliphatic heterocycles. The maximum atomic E-state index is 12.4. The predicted octanol–water partition coefficient (Wildman–Crippen LogP) is 1.97. The Labute approximate surface area is 124 Å². The van der Waals surface area contributed by atoms with Crippen LogP contribution in [-0.4, -0.2) is 42.4 Å². The number of nitrogens with zero attached hydrogens (tertiary/aromatic N) is 2. The summed E-state index contributed by atoms with van der Waals surface area (Å²) < 4.78 is 0. The van der Waals surface area contributed by atoms with Crippen LogP contribution < -0.4 is 5.32 Å². The fraction of sp³-hybridized carbons (Fsp3) is 0.533. The van der Waals surface area contributed by atoms with E-state index in [0.717, 1.165) is 25.9 Å². The van der Waals surface area contributed by atoms with Crippen LogP contribution in [-0.2, 0) is 0 Å². The zero-order chi connectivity index (χ0) is 15.4. The average Bonchev–Trinajstić information content (AvgIpc) is 2.47. The first-order valence-electron chi connectivity index (χ1n) is 7.20. The van der Waals surface area contributed by atoms with E-state index in [1.165, 1.54) is 12.1 Å². The third-order valence-electron chi connectivity index (χ3n) is 3.92. The number of hydrogen-bond donors (Lipinski definition) is 1. The Morgan fingerprint density at radius 2 is 2.29 bits per heavy atom. The topological polar surface area (TPSA) is 75.5 Å². The molecule has 2 rings (SSSR count). The molecule has 0 spiro atoms. The van der Waals surface area contributed by atoms with Gasteiger partial charge in [0, 0.05) is 30.8 Å². The summed E-state index contributed by atoms with van der Waals surface area (Å²) in [7, 11) is 1.79. The number of nitro benzene ring substituents is 1. The van der Waals surface area contributed by atoms with E-state index in [1.807, 2.05) is 0 Å². The fourth-order valence-corrected chi connectivity index (χ4v) is 2.76. The Bertz CT molecular complexity index is 539. The van der Waals surface area contributed by atoms with Gasteiger partial charge in [0.2, 0.25) is 0 Å². The molecule has 0 aliphatic carbocycles. The van der Waals surface area contributed by atoms with E-state index in [4.69, 9.17) is 0 Å². The van der Waals surface area contributed by atoms with Gasteiger partial charge >= 0.3 is 0 Å². The van der Waals surface area contributed by atoms with Gasteiger partial charge in [0.05, 0.1) is 4.92 Å². The molecule has 1 amide bonds. The van der Waals surface area contributed by atoms with Crippen LogP contribution in [0.5, 0.6) is 0 Å². The van der Waals surface area contributed by atoms with E-state index in [2.05, 4.69) is 5.32 Å². The van der Waals surface area contributed by atoms with E-state index >= 15 is 0 Å². The van der Waals surface area contributed by atoms with Crippen LogP contribution in [0.15, 0.2) is 18.2 Å². The standard InChI is InChI=1S/C15H21N3O3/c1-11-8-13(5-6-14(11)18(20)21)15(19)17(2)10-12-4-3-7-16-9-12/h5-6,8,12,16H,3-4,7,9-10H2,1-2H3. The molecule has 1 N–H and O–H groups in total. The van der Waals surface area contributed by atoms with Gasteiger partial charge < -0.3 is 10.2 Å². The summed E-state index contributed by atoms with van der Waals surface area (Å²) in [6, 6.07) is 4.53. The lowest BCUT2D eigenvalue weighted by Crippen LogP contribution is -2.39. The molecule has 6 nitrogen and oxygen atoms in total. The fourth-order valence-electron chi connectivity index (χ4n) is 2.76. The second-order valence-corrected chi connectivity index (χ2v) is 5.66. The van der Waals surface area contributed by atoms with Gasteiger partial charge in [-0.15, -0.1) is 0 Å². The van der Waals surface area contributed by atoms with Crippen molar-refractivity contribution >= 4 is 11.6 Å². The first kappa shape index (κ1) is 15.4. The Kier molecular flexibility index (Phi) is 4.90. The number of carbonyl (C=O) groups is 1. The minimum absolute atomic E-state index is 0.0469. The number of piperidine rings is 1. The molecule has 6 heteroatoms. The molecule has 1 aromatic rings. The van der Waals surface area contributed by atoms with Crippen molar-refractivity contribution in [2.75, 3.05) is 26.7 Å². The lowest BCUT2D eigenvalue weighted by molar-refractivity contribution is -0.385. The van der Waals surface area contributed by atoms with Crippen molar-refractivity contribution in [2.45, 2.75) is 19.8 Å². The van der Waals surface area contributed by atoms with Gasteiger partial charge in [0.1, 0.15) is 0 Å². The summed E-state index contributed by atoms with van der Waals surface area (Å²) in [6.07, 6.45) is 2.27. The quantitative estimate of drug-likeness (QED) is 0.680. The molecular weight excluding hydrogens is 270 g/mol. The van der Waals surface area contributed by atoms with Crippen molar-refractivity contribution in [3.05, 3.63) is 39.4 Å². The zero-order valence-electron chi connectivity index (χ0n) is 12.5. The molecule has 114 valence electrons. The minimum atomic E-state index is -0.430. The highest BCUT2D eigenvalue weighted by Gasteiger charge is 2.20. The molecule has 1 fully saturated rings. The maximum absolute atomic E-state index is 12.4. The van der Waals surface area contributed by atoms with Crippen molar-refractivity contribution < 1.29 is 9.72 Å². The van der Waals surface area contributed by atoms with Crippen LogP contribution in [0.4, 0.5) is 5.69 Å². The van der Waals surface area contributed by atoms with Gasteiger partial charge in [-0.1, -0.05) is 0 Å². The largest absolute Gasteiger partial charge is 0.341 e. The van der Waals surface area contributed by atoms with Crippen LogP contribution in [0.2, 0.25) is 0 Å². The Hall–Kier alpha value is -1.95. The van der Waals surface area contributed by atoms with E-state index < -0.39 is 4.92 Å². The molecule has 0 bridgehead atoms. The normalized spacial score (nSPS) is 18.3. The highest BCUT2D eigenvalue weighted by atomic mass is 16.6. The number of carbonyl (C=O) groups excluding carboxylic acids is 1. The van der Waals surface area contributed by atoms with Crippen molar-refractivity contribution in [3.63, 3.8) is 0 Å². The van der Waals surface area contributed by atoms with Crippen LogP contribution in [0, 0.1) is 23.0 Å². The van der Waals surface area contributed by atoms with Gasteiger partial charge in [0.15, 0.2) is 0 Å². The van der Waals surface area contributed by atoms with Crippen molar-refractivity contribution in [3.8, 4) is 0 Å². The molecule has 1 heterocycles. The van der Waals surface area contributed by atoms with Crippen molar-refractivity contribution in [1.29, 1.82) is 0 Å². The molecule has 1 unspecified atom stereocenters. The predicted molar refractivity (Wildman–Crippen MR) is 80.4 cm³/mol. The maximum Gasteiger partial charge on any atom is 0.272 e. The first-order valence-corrected chi connectivity index (χ1v) is 7.20. The Morgan fingerprint density at radius 1 is 1.52 bits per heavy atom. The molecule has 1 aromatic carbocycles.